The molecule has 4 heteroatoms. The molecule has 3 atom stereocenters. The third-order valence-electron chi connectivity index (χ3n) is 4.21. The Balaban J connectivity index is 2.43. The Morgan fingerprint density at radius 3 is 2.78 bits per heavy atom. The Morgan fingerprint density at radius 1 is 1.50 bits per heavy atom. The van der Waals surface area contributed by atoms with Crippen LogP contribution in [0.15, 0.2) is 0 Å². The number of methoxy groups -OCH3 is 1. The lowest BCUT2D eigenvalue weighted by atomic mass is 9.75. The fourth-order valence-corrected chi connectivity index (χ4v) is 3.08. The van der Waals surface area contributed by atoms with Crippen molar-refractivity contribution in [3.63, 3.8) is 0 Å². The normalized spacial score (nSPS) is 30.7. The van der Waals surface area contributed by atoms with Crippen LogP contribution < -0.4 is 5.32 Å². The van der Waals surface area contributed by atoms with Gasteiger partial charge in [0.05, 0.1) is 12.7 Å². The fraction of sp³-hybridized carbons (Fsp3) is 1.00. The molecule has 1 fully saturated rings. The van der Waals surface area contributed by atoms with Crippen LogP contribution in [0.4, 0.5) is 0 Å². The smallest absolute Gasteiger partial charge is 0.0897 e. The quantitative estimate of drug-likeness (QED) is 0.717. The highest BCUT2D eigenvalue weighted by atomic mass is 16.5. The van der Waals surface area contributed by atoms with Gasteiger partial charge in [0.1, 0.15) is 0 Å². The second kappa shape index (κ2) is 7.43. The monoisotopic (exact) mass is 258 g/mol. The maximum atomic E-state index is 9.65. The molecule has 108 valence electrons. The number of ether oxygens (including phenoxy) is 1. The van der Waals surface area contributed by atoms with Crippen LogP contribution in [-0.4, -0.2) is 62.6 Å². The molecule has 0 aromatic carbocycles. The second-order valence-corrected chi connectivity index (χ2v) is 6.06. The Bertz CT molecular complexity index is 236. The molecule has 2 N–H and O–H groups in total. The second-order valence-electron chi connectivity index (χ2n) is 6.06. The molecule has 0 amide bonds. The van der Waals surface area contributed by atoms with E-state index in [9.17, 15) is 5.11 Å². The van der Waals surface area contributed by atoms with Gasteiger partial charge < -0.3 is 20.1 Å². The highest BCUT2D eigenvalue weighted by molar-refractivity contribution is 4.94. The molecule has 0 saturated heterocycles. The van der Waals surface area contributed by atoms with E-state index in [1.54, 1.807) is 7.11 Å². The molecule has 0 aliphatic heterocycles. The molecule has 0 heterocycles. The topological polar surface area (TPSA) is 44.7 Å². The maximum Gasteiger partial charge on any atom is 0.0897 e. The number of hydrogen-bond donors (Lipinski definition) is 2. The van der Waals surface area contributed by atoms with Gasteiger partial charge in [-0.25, -0.2) is 0 Å². The van der Waals surface area contributed by atoms with Crippen molar-refractivity contribution in [2.45, 2.75) is 44.2 Å². The molecule has 3 unspecified atom stereocenters. The standard InChI is InChI=1S/C14H30N2O2/c1-12-6-5-7-14(8-12,16(2)3)11-15-9-13(17)10-18-4/h12-13,15,17H,5-11H2,1-4H3. The number of nitrogens with zero attached hydrogens (tertiary/aromatic N) is 1. The molecule has 1 aliphatic carbocycles. The van der Waals surface area contributed by atoms with Gasteiger partial charge in [0.25, 0.3) is 0 Å². The van der Waals surface area contributed by atoms with Gasteiger partial charge in [0.2, 0.25) is 0 Å². The Kier molecular flexibility index (Phi) is 6.57. The van der Waals surface area contributed by atoms with Crippen LogP contribution in [-0.2, 0) is 4.74 Å². The van der Waals surface area contributed by atoms with E-state index in [1.807, 2.05) is 0 Å². The van der Waals surface area contributed by atoms with E-state index in [0.29, 0.717) is 13.2 Å². The molecule has 1 saturated carbocycles. The first-order chi connectivity index (χ1) is 8.50. The van der Waals surface area contributed by atoms with Gasteiger partial charge >= 0.3 is 0 Å². The lowest BCUT2D eigenvalue weighted by Gasteiger charge is -2.45. The van der Waals surface area contributed by atoms with Gasteiger partial charge in [-0.3, -0.25) is 0 Å². The van der Waals surface area contributed by atoms with Crippen LogP contribution >= 0.6 is 0 Å². The summed E-state index contributed by atoms with van der Waals surface area (Å²) >= 11 is 0. The summed E-state index contributed by atoms with van der Waals surface area (Å²) < 4.78 is 4.94. The van der Waals surface area contributed by atoms with Crippen molar-refractivity contribution >= 4 is 0 Å². The van der Waals surface area contributed by atoms with E-state index in [1.165, 1.54) is 25.7 Å². The minimum Gasteiger partial charge on any atom is -0.389 e. The summed E-state index contributed by atoms with van der Waals surface area (Å²) in [5.41, 5.74) is 0.254. The highest BCUT2D eigenvalue weighted by Gasteiger charge is 2.36. The predicted octanol–water partition coefficient (Wildman–Crippen LogP) is 1.09. The van der Waals surface area contributed by atoms with Crippen molar-refractivity contribution < 1.29 is 9.84 Å². The summed E-state index contributed by atoms with van der Waals surface area (Å²) in [5.74, 6) is 0.798. The molecule has 0 aromatic rings. The minimum atomic E-state index is -0.407. The van der Waals surface area contributed by atoms with E-state index in [0.717, 1.165) is 12.5 Å². The van der Waals surface area contributed by atoms with E-state index >= 15 is 0 Å². The Labute approximate surface area is 112 Å². The van der Waals surface area contributed by atoms with E-state index < -0.39 is 6.10 Å². The molecular formula is C14H30N2O2. The summed E-state index contributed by atoms with van der Waals surface area (Å²) in [7, 11) is 5.96. The van der Waals surface area contributed by atoms with Gasteiger partial charge in [-0.2, -0.15) is 0 Å². The molecular weight excluding hydrogens is 228 g/mol. The zero-order valence-corrected chi connectivity index (χ0v) is 12.4. The summed E-state index contributed by atoms with van der Waals surface area (Å²) in [6, 6.07) is 0. The van der Waals surface area contributed by atoms with Crippen LogP contribution in [0.3, 0.4) is 0 Å². The summed E-state index contributed by atoms with van der Waals surface area (Å²) in [6.07, 6.45) is 4.74. The van der Waals surface area contributed by atoms with Gasteiger partial charge in [0, 0.05) is 25.7 Å². The van der Waals surface area contributed by atoms with Gasteiger partial charge in [-0.15, -0.1) is 0 Å². The van der Waals surface area contributed by atoms with Crippen LogP contribution in [0, 0.1) is 5.92 Å². The molecule has 0 radical (unpaired) electrons. The van der Waals surface area contributed by atoms with E-state index in [-0.39, 0.29) is 5.54 Å². The van der Waals surface area contributed by atoms with Gasteiger partial charge in [0.15, 0.2) is 0 Å². The molecule has 0 bridgehead atoms. The average Bonchev–Trinajstić information content (AvgIpc) is 2.29. The van der Waals surface area contributed by atoms with E-state index in [2.05, 4.69) is 31.2 Å². The Morgan fingerprint density at radius 2 is 2.22 bits per heavy atom. The first-order valence-electron chi connectivity index (χ1n) is 7.05. The number of hydrogen-bond acceptors (Lipinski definition) is 4. The van der Waals surface area contributed by atoms with Gasteiger partial charge in [-0.05, 0) is 32.9 Å². The maximum absolute atomic E-state index is 9.65. The lowest BCUT2D eigenvalue weighted by Crippen LogP contribution is -2.55. The van der Waals surface area contributed by atoms with Gasteiger partial charge in [-0.1, -0.05) is 19.8 Å². The third kappa shape index (κ3) is 4.50. The molecule has 0 spiro atoms. The number of rotatable bonds is 7. The number of aliphatic hydroxyl groups excluding tert-OH is 1. The van der Waals surface area contributed by atoms with E-state index in [4.69, 9.17) is 4.74 Å². The number of likely N-dealkylation sites (N-methyl/N-ethyl adjacent to an activating group) is 1. The zero-order chi connectivity index (χ0) is 13.6. The largest absolute Gasteiger partial charge is 0.389 e. The van der Waals surface area contributed by atoms with Crippen molar-refractivity contribution in [3.05, 3.63) is 0 Å². The highest BCUT2D eigenvalue weighted by Crippen LogP contribution is 2.35. The van der Waals surface area contributed by atoms with Crippen molar-refractivity contribution in [3.8, 4) is 0 Å². The minimum absolute atomic E-state index is 0.254. The predicted molar refractivity (Wildman–Crippen MR) is 74.8 cm³/mol. The molecule has 1 aliphatic rings. The molecule has 18 heavy (non-hydrogen) atoms. The van der Waals surface area contributed by atoms with Crippen molar-refractivity contribution in [2.24, 2.45) is 5.92 Å². The van der Waals surface area contributed by atoms with Crippen LogP contribution in [0.2, 0.25) is 0 Å². The lowest BCUT2D eigenvalue weighted by molar-refractivity contribution is 0.0494. The zero-order valence-electron chi connectivity index (χ0n) is 12.4. The first kappa shape index (κ1) is 15.9. The summed E-state index contributed by atoms with van der Waals surface area (Å²) in [5, 5.41) is 13.1. The summed E-state index contributed by atoms with van der Waals surface area (Å²) in [6.45, 7) is 4.30. The summed E-state index contributed by atoms with van der Waals surface area (Å²) in [4.78, 5) is 2.36. The molecule has 1 rings (SSSR count). The van der Waals surface area contributed by atoms with Crippen LogP contribution in [0.1, 0.15) is 32.6 Å². The Hall–Kier alpha value is -0.160. The molecule has 4 nitrogen and oxygen atoms in total. The van der Waals surface area contributed by atoms with Crippen molar-refractivity contribution in [1.82, 2.24) is 10.2 Å². The first-order valence-corrected chi connectivity index (χ1v) is 7.05. The van der Waals surface area contributed by atoms with Crippen LogP contribution in [0.5, 0.6) is 0 Å². The third-order valence-corrected chi connectivity index (χ3v) is 4.21. The average molecular weight is 258 g/mol. The SMILES string of the molecule is COCC(O)CNCC1(N(C)C)CCCC(C)C1. The number of aliphatic hydroxyl groups is 1. The molecule has 0 aromatic heterocycles. The van der Waals surface area contributed by atoms with Crippen molar-refractivity contribution in [2.75, 3.05) is 40.9 Å². The fourth-order valence-electron chi connectivity index (χ4n) is 3.08. The van der Waals surface area contributed by atoms with Crippen molar-refractivity contribution in [1.29, 1.82) is 0 Å². The van der Waals surface area contributed by atoms with Crippen LogP contribution in [0.25, 0.3) is 0 Å². The number of nitrogens with one attached hydrogen (secondary N) is 1.